The molecule has 1 aromatic rings. The summed E-state index contributed by atoms with van der Waals surface area (Å²) in [5.41, 5.74) is 0.614. The van der Waals surface area contributed by atoms with E-state index >= 15 is 0 Å². The Morgan fingerprint density at radius 3 is 2.35 bits per heavy atom. The molecule has 6 nitrogen and oxygen atoms in total. The Hall–Kier alpha value is -1.44. The predicted octanol–water partition coefficient (Wildman–Crippen LogP) is 2.82. The summed E-state index contributed by atoms with van der Waals surface area (Å²) in [5.74, 6) is 0.321. The zero-order valence-corrected chi connectivity index (χ0v) is 16.8. The summed E-state index contributed by atoms with van der Waals surface area (Å²) in [4.78, 5) is 14.2. The molecule has 0 unspecified atom stereocenters. The molecule has 2 N–H and O–H groups in total. The van der Waals surface area contributed by atoms with Gasteiger partial charge in [0.1, 0.15) is 0 Å². The van der Waals surface area contributed by atoms with Crippen LogP contribution in [0.25, 0.3) is 0 Å². The lowest BCUT2D eigenvalue weighted by Gasteiger charge is -2.34. The molecule has 0 bridgehead atoms. The van der Waals surface area contributed by atoms with Gasteiger partial charge >= 0.3 is 0 Å². The van der Waals surface area contributed by atoms with Gasteiger partial charge in [0, 0.05) is 24.7 Å². The Labute approximate surface area is 157 Å². The highest BCUT2D eigenvalue weighted by Gasteiger charge is 2.23. The van der Waals surface area contributed by atoms with Gasteiger partial charge in [0.25, 0.3) is 0 Å². The van der Waals surface area contributed by atoms with Crippen LogP contribution >= 0.6 is 0 Å². The third kappa shape index (κ3) is 6.07. The van der Waals surface area contributed by atoms with Crippen molar-refractivity contribution in [3.8, 4) is 0 Å². The number of likely N-dealkylation sites (tertiary alicyclic amines) is 1. The van der Waals surface area contributed by atoms with Crippen LogP contribution in [0.3, 0.4) is 0 Å². The summed E-state index contributed by atoms with van der Waals surface area (Å²) in [7, 11) is -3.52. The lowest BCUT2D eigenvalue weighted by atomic mass is 9.96. The van der Waals surface area contributed by atoms with Crippen LogP contribution in [0.15, 0.2) is 29.2 Å². The number of nitrogens with one attached hydrogen (secondary N) is 2. The highest BCUT2D eigenvalue weighted by atomic mass is 32.2. The highest BCUT2D eigenvalue weighted by molar-refractivity contribution is 7.89. The van der Waals surface area contributed by atoms with E-state index in [2.05, 4.69) is 28.8 Å². The fraction of sp³-hybridized carbons (Fsp3) is 0.632. The Morgan fingerprint density at radius 1 is 1.19 bits per heavy atom. The van der Waals surface area contributed by atoms with Crippen molar-refractivity contribution in [2.24, 2.45) is 5.92 Å². The molecule has 146 valence electrons. The van der Waals surface area contributed by atoms with Gasteiger partial charge in [-0.2, -0.15) is 0 Å². The van der Waals surface area contributed by atoms with Gasteiger partial charge in [0.15, 0.2) is 0 Å². The summed E-state index contributed by atoms with van der Waals surface area (Å²) in [6.45, 7) is 8.85. The van der Waals surface area contributed by atoms with Gasteiger partial charge in [-0.1, -0.05) is 6.92 Å². The summed E-state index contributed by atoms with van der Waals surface area (Å²) in [5, 5.41) is 2.76. The minimum absolute atomic E-state index is 0.0611. The molecule has 26 heavy (non-hydrogen) atoms. The molecule has 1 heterocycles. The maximum absolute atomic E-state index is 12.5. The van der Waals surface area contributed by atoms with Crippen LogP contribution < -0.4 is 10.0 Å². The van der Waals surface area contributed by atoms with Crippen molar-refractivity contribution in [3.63, 3.8) is 0 Å². The molecule has 0 radical (unpaired) electrons. The van der Waals surface area contributed by atoms with E-state index in [0.29, 0.717) is 30.6 Å². The zero-order valence-electron chi connectivity index (χ0n) is 16.0. The van der Waals surface area contributed by atoms with Crippen LogP contribution in [0.5, 0.6) is 0 Å². The second-order valence-corrected chi connectivity index (χ2v) is 9.01. The third-order valence-electron chi connectivity index (χ3n) is 4.87. The molecule has 7 heteroatoms. The number of amides is 1. The van der Waals surface area contributed by atoms with E-state index in [1.807, 2.05) is 6.92 Å². The molecule has 0 atom stereocenters. The molecular weight excluding hydrogens is 350 g/mol. The number of benzene rings is 1. The number of sulfonamides is 1. The molecule has 0 aliphatic carbocycles. The summed E-state index contributed by atoms with van der Waals surface area (Å²) < 4.78 is 27.7. The standard InChI is InChI=1S/C19H31N3O3S/c1-4-5-19(23)21-17-6-8-18(9-7-17)26(24,25)20-14-16-10-12-22(13-11-16)15(2)3/h6-9,15-16,20H,4-5,10-14H2,1-3H3,(H,21,23). The van der Waals surface area contributed by atoms with E-state index in [4.69, 9.17) is 0 Å². The molecule has 0 saturated carbocycles. The monoisotopic (exact) mass is 381 g/mol. The topological polar surface area (TPSA) is 78.5 Å². The molecular formula is C19H31N3O3S. The van der Waals surface area contributed by atoms with Crippen molar-refractivity contribution in [2.75, 3.05) is 25.0 Å². The number of hydrogen-bond acceptors (Lipinski definition) is 4. The van der Waals surface area contributed by atoms with Crippen molar-refractivity contribution in [3.05, 3.63) is 24.3 Å². The summed E-state index contributed by atoms with van der Waals surface area (Å²) in [6, 6.07) is 6.87. The van der Waals surface area contributed by atoms with Crippen molar-refractivity contribution in [1.82, 2.24) is 9.62 Å². The fourth-order valence-electron chi connectivity index (χ4n) is 3.15. The number of nitrogens with zero attached hydrogens (tertiary/aromatic N) is 1. The first-order chi connectivity index (χ1) is 12.3. The number of rotatable bonds is 8. The minimum atomic E-state index is -3.52. The van der Waals surface area contributed by atoms with E-state index in [0.717, 1.165) is 32.4 Å². The van der Waals surface area contributed by atoms with Crippen LogP contribution in [0.4, 0.5) is 5.69 Å². The molecule has 1 aliphatic rings. The summed E-state index contributed by atoms with van der Waals surface area (Å²) >= 11 is 0. The second kappa shape index (κ2) is 9.48. The Morgan fingerprint density at radius 2 is 1.81 bits per heavy atom. The van der Waals surface area contributed by atoms with Gasteiger partial charge in [0.05, 0.1) is 4.90 Å². The average Bonchev–Trinajstić information content (AvgIpc) is 2.61. The zero-order chi connectivity index (χ0) is 19.2. The average molecular weight is 382 g/mol. The Bertz CT molecular complexity index is 678. The smallest absolute Gasteiger partial charge is 0.240 e. The number of carbonyl (C=O) groups is 1. The molecule has 1 amide bonds. The van der Waals surface area contributed by atoms with Gasteiger partial charge < -0.3 is 10.2 Å². The molecule has 1 aliphatic heterocycles. The fourth-order valence-corrected chi connectivity index (χ4v) is 4.27. The van der Waals surface area contributed by atoms with E-state index in [1.165, 1.54) is 12.1 Å². The summed E-state index contributed by atoms with van der Waals surface area (Å²) in [6.07, 6.45) is 3.27. The van der Waals surface area contributed by atoms with Gasteiger partial charge in [0.2, 0.25) is 15.9 Å². The maximum Gasteiger partial charge on any atom is 0.240 e. The van der Waals surface area contributed by atoms with Gasteiger partial charge in [-0.25, -0.2) is 13.1 Å². The number of hydrogen-bond donors (Lipinski definition) is 2. The SMILES string of the molecule is CCCC(=O)Nc1ccc(S(=O)(=O)NCC2CCN(C(C)C)CC2)cc1. The van der Waals surface area contributed by atoms with Crippen molar-refractivity contribution in [2.45, 2.75) is 57.4 Å². The molecule has 1 aromatic carbocycles. The van der Waals surface area contributed by atoms with Crippen LogP contribution in [0, 0.1) is 5.92 Å². The van der Waals surface area contributed by atoms with Gasteiger partial charge in [-0.3, -0.25) is 4.79 Å². The van der Waals surface area contributed by atoms with E-state index < -0.39 is 10.0 Å². The van der Waals surface area contributed by atoms with Crippen LogP contribution in [-0.4, -0.2) is 44.9 Å². The van der Waals surface area contributed by atoms with E-state index in [1.54, 1.807) is 12.1 Å². The molecule has 1 fully saturated rings. The quantitative estimate of drug-likeness (QED) is 0.726. The predicted molar refractivity (Wildman–Crippen MR) is 105 cm³/mol. The Balaban J connectivity index is 1.87. The van der Waals surface area contributed by atoms with Crippen LogP contribution in [-0.2, 0) is 14.8 Å². The van der Waals surface area contributed by atoms with Gasteiger partial charge in [-0.05, 0) is 76.4 Å². The first kappa shape index (κ1) is 20.9. The lowest BCUT2D eigenvalue weighted by Crippen LogP contribution is -2.41. The first-order valence-corrected chi connectivity index (χ1v) is 10.9. The molecule has 1 saturated heterocycles. The van der Waals surface area contributed by atoms with Crippen LogP contribution in [0.2, 0.25) is 0 Å². The Kier molecular flexibility index (Phi) is 7.61. The maximum atomic E-state index is 12.5. The van der Waals surface area contributed by atoms with E-state index in [-0.39, 0.29) is 10.8 Å². The second-order valence-electron chi connectivity index (χ2n) is 7.25. The first-order valence-electron chi connectivity index (χ1n) is 9.45. The van der Waals surface area contributed by atoms with Crippen molar-refractivity contribution in [1.29, 1.82) is 0 Å². The van der Waals surface area contributed by atoms with Gasteiger partial charge in [-0.15, -0.1) is 0 Å². The lowest BCUT2D eigenvalue weighted by molar-refractivity contribution is -0.116. The normalized spacial score (nSPS) is 16.8. The molecule has 0 aromatic heterocycles. The highest BCUT2D eigenvalue weighted by Crippen LogP contribution is 2.19. The largest absolute Gasteiger partial charge is 0.326 e. The molecule has 0 spiro atoms. The van der Waals surface area contributed by atoms with Crippen molar-refractivity contribution >= 4 is 21.6 Å². The minimum Gasteiger partial charge on any atom is -0.326 e. The number of piperidine rings is 1. The number of anilines is 1. The third-order valence-corrected chi connectivity index (χ3v) is 6.31. The van der Waals surface area contributed by atoms with Crippen molar-refractivity contribution < 1.29 is 13.2 Å². The van der Waals surface area contributed by atoms with Crippen LogP contribution in [0.1, 0.15) is 46.5 Å². The van der Waals surface area contributed by atoms with E-state index in [9.17, 15) is 13.2 Å². The molecule has 2 rings (SSSR count). The number of carbonyl (C=O) groups excluding carboxylic acids is 1.